The van der Waals surface area contributed by atoms with Gasteiger partial charge in [-0.3, -0.25) is 4.79 Å². The summed E-state index contributed by atoms with van der Waals surface area (Å²) in [5.74, 6) is -0.183. The third-order valence-electron chi connectivity index (χ3n) is 3.53. The van der Waals surface area contributed by atoms with Crippen LogP contribution < -0.4 is 5.32 Å². The number of benzene rings is 2. The zero-order chi connectivity index (χ0) is 17.1. The molecule has 0 bridgehead atoms. The molecular weight excluding hydrogens is 349 g/mol. The van der Waals surface area contributed by atoms with Crippen molar-refractivity contribution >= 4 is 29.1 Å². The molecule has 0 aliphatic carbocycles. The Hall–Kier alpha value is -2.44. The van der Waals surface area contributed by atoms with E-state index in [1.165, 1.54) is 11.0 Å². The fourth-order valence-corrected chi connectivity index (χ4v) is 2.50. The summed E-state index contributed by atoms with van der Waals surface area (Å²) in [6.07, 6.45) is 1.49. The lowest BCUT2D eigenvalue weighted by Gasteiger charge is -2.15. The predicted octanol–water partition coefficient (Wildman–Crippen LogP) is 3.46. The van der Waals surface area contributed by atoms with E-state index in [2.05, 4.69) is 20.8 Å². The Bertz CT molecular complexity index is 849. The molecule has 1 amide bonds. The predicted molar refractivity (Wildman–Crippen MR) is 91.5 cm³/mol. The second-order valence-electron chi connectivity index (χ2n) is 5.17. The summed E-state index contributed by atoms with van der Waals surface area (Å²) in [6, 6.07) is 12.1. The highest BCUT2D eigenvalue weighted by molar-refractivity contribution is 6.42. The van der Waals surface area contributed by atoms with Crippen molar-refractivity contribution in [3.05, 3.63) is 70.0 Å². The van der Waals surface area contributed by atoms with Gasteiger partial charge < -0.3 is 5.32 Å². The van der Waals surface area contributed by atoms with Gasteiger partial charge in [0.1, 0.15) is 6.33 Å². The zero-order valence-corrected chi connectivity index (χ0v) is 14.2. The van der Waals surface area contributed by atoms with E-state index in [9.17, 15) is 4.79 Å². The molecule has 1 heterocycles. The second kappa shape index (κ2) is 6.98. The van der Waals surface area contributed by atoms with Crippen molar-refractivity contribution in [2.75, 3.05) is 0 Å². The number of amides is 1. The first-order valence-corrected chi connectivity index (χ1v) is 7.89. The summed E-state index contributed by atoms with van der Waals surface area (Å²) in [5, 5.41) is 14.8. The van der Waals surface area contributed by atoms with Crippen molar-refractivity contribution in [2.24, 2.45) is 0 Å². The van der Waals surface area contributed by atoms with Gasteiger partial charge in [0, 0.05) is 5.56 Å². The summed E-state index contributed by atoms with van der Waals surface area (Å²) < 4.78 is 1.51. The van der Waals surface area contributed by atoms with Gasteiger partial charge >= 0.3 is 0 Å². The van der Waals surface area contributed by atoms with Crippen molar-refractivity contribution in [1.29, 1.82) is 0 Å². The molecule has 0 spiro atoms. The van der Waals surface area contributed by atoms with Crippen molar-refractivity contribution in [2.45, 2.75) is 13.0 Å². The van der Waals surface area contributed by atoms with Crippen LogP contribution in [0.25, 0.3) is 5.69 Å². The first-order valence-electron chi connectivity index (χ1n) is 7.14. The molecule has 2 aromatic carbocycles. The Morgan fingerprint density at radius 2 is 1.88 bits per heavy atom. The number of aromatic nitrogens is 4. The zero-order valence-electron chi connectivity index (χ0n) is 12.6. The van der Waals surface area contributed by atoms with Crippen molar-refractivity contribution in [3.8, 4) is 5.69 Å². The number of tetrazole rings is 1. The van der Waals surface area contributed by atoms with Gasteiger partial charge in [-0.05, 0) is 59.3 Å². The molecule has 0 aliphatic heterocycles. The molecule has 24 heavy (non-hydrogen) atoms. The molecule has 0 radical (unpaired) electrons. The molecule has 0 saturated heterocycles. The summed E-state index contributed by atoms with van der Waals surface area (Å²) in [4.78, 5) is 12.4. The van der Waals surface area contributed by atoms with Crippen LogP contribution in [0.4, 0.5) is 0 Å². The molecule has 0 fully saturated rings. The van der Waals surface area contributed by atoms with Gasteiger partial charge in [0.2, 0.25) is 0 Å². The van der Waals surface area contributed by atoms with E-state index in [-0.39, 0.29) is 11.9 Å². The van der Waals surface area contributed by atoms with Crippen LogP contribution in [-0.4, -0.2) is 26.1 Å². The number of hydrogen-bond donors (Lipinski definition) is 1. The minimum absolute atomic E-state index is 0.183. The first kappa shape index (κ1) is 16.4. The number of carbonyl (C=O) groups is 1. The van der Waals surface area contributed by atoms with Gasteiger partial charge in [0.05, 0.1) is 21.8 Å². The lowest BCUT2D eigenvalue weighted by atomic mass is 10.1. The molecule has 0 saturated carbocycles. The molecule has 0 aliphatic rings. The van der Waals surface area contributed by atoms with Gasteiger partial charge in [-0.2, -0.15) is 0 Å². The molecule has 8 heteroatoms. The number of carbonyl (C=O) groups excluding carboxylic acids is 1. The Morgan fingerprint density at radius 3 is 2.50 bits per heavy atom. The summed E-state index contributed by atoms with van der Waals surface area (Å²) in [7, 11) is 0. The van der Waals surface area contributed by atoms with E-state index < -0.39 is 0 Å². The SMILES string of the molecule is C[C@H](NC(=O)c1ccc(-n2cnnn2)cc1)c1ccc(Cl)c(Cl)c1. The quantitative estimate of drug-likeness (QED) is 0.772. The Balaban J connectivity index is 1.71. The largest absolute Gasteiger partial charge is 0.346 e. The minimum Gasteiger partial charge on any atom is -0.346 e. The fourth-order valence-electron chi connectivity index (χ4n) is 2.19. The third-order valence-corrected chi connectivity index (χ3v) is 4.27. The van der Waals surface area contributed by atoms with E-state index in [0.29, 0.717) is 15.6 Å². The molecule has 3 rings (SSSR count). The van der Waals surface area contributed by atoms with Gasteiger partial charge in [0.15, 0.2) is 0 Å². The molecule has 122 valence electrons. The van der Waals surface area contributed by atoms with Crippen LogP contribution in [0.5, 0.6) is 0 Å². The Labute approximate surface area is 148 Å². The Kier molecular flexibility index (Phi) is 4.78. The normalized spacial score (nSPS) is 12.0. The smallest absolute Gasteiger partial charge is 0.251 e. The lowest BCUT2D eigenvalue weighted by Crippen LogP contribution is -2.26. The van der Waals surface area contributed by atoms with E-state index in [0.717, 1.165) is 11.3 Å². The van der Waals surface area contributed by atoms with E-state index >= 15 is 0 Å². The third kappa shape index (κ3) is 3.55. The van der Waals surface area contributed by atoms with Gasteiger partial charge in [-0.1, -0.05) is 29.3 Å². The number of hydrogen-bond acceptors (Lipinski definition) is 4. The maximum absolute atomic E-state index is 12.4. The number of rotatable bonds is 4. The molecule has 1 atom stereocenters. The summed E-state index contributed by atoms with van der Waals surface area (Å²) in [6.45, 7) is 1.88. The monoisotopic (exact) mass is 361 g/mol. The number of halogens is 2. The fraction of sp³-hybridized carbons (Fsp3) is 0.125. The molecule has 1 N–H and O–H groups in total. The average Bonchev–Trinajstić information content (AvgIpc) is 3.12. The summed E-state index contributed by atoms with van der Waals surface area (Å²) >= 11 is 11.9. The molecule has 3 aromatic rings. The van der Waals surface area contributed by atoms with Gasteiger partial charge in [-0.25, -0.2) is 4.68 Å². The van der Waals surface area contributed by atoms with Crippen molar-refractivity contribution < 1.29 is 4.79 Å². The van der Waals surface area contributed by atoms with Crippen molar-refractivity contribution in [3.63, 3.8) is 0 Å². The van der Waals surface area contributed by atoms with E-state index in [4.69, 9.17) is 23.2 Å². The maximum atomic E-state index is 12.4. The van der Waals surface area contributed by atoms with Crippen LogP contribution in [0.15, 0.2) is 48.8 Å². The maximum Gasteiger partial charge on any atom is 0.251 e. The second-order valence-corrected chi connectivity index (χ2v) is 5.98. The van der Waals surface area contributed by atoms with Crippen LogP contribution in [-0.2, 0) is 0 Å². The van der Waals surface area contributed by atoms with E-state index in [1.807, 2.05) is 13.0 Å². The number of nitrogens with zero attached hydrogens (tertiary/aromatic N) is 4. The Morgan fingerprint density at radius 1 is 1.12 bits per heavy atom. The van der Waals surface area contributed by atoms with E-state index in [1.54, 1.807) is 36.4 Å². The van der Waals surface area contributed by atoms with Crippen LogP contribution in [0.1, 0.15) is 28.9 Å². The van der Waals surface area contributed by atoms with Crippen LogP contribution in [0, 0.1) is 0 Å². The molecular formula is C16H13Cl2N5O. The number of nitrogens with one attached hydrogen (secondary N) is 1. The van der Waals surface area contributed by atoms with Crippen LogP contribution >= 0.6 is 23.2 Å². The average molecular weight is 362 g/mol. The lowest BCUT2D eigenvalue weighted by molar-refractivity contribution is 0.0940. The highest BCUT2D eigenvalue weighted by atomic mass is 35.5. The molecule has 6 nitrogen and oxygen atoms in total. The minimum atomic E-state index is -0.202. The highest BCUT2D eigenvalue weighted by Crippen LogP contribution is 2.25. The summed E-state index contributed by atoms with van der Waals surface area (Å²) in [5.41, 5.74) is 2.19. The van der Waals surface area contributed by atoms with Gasteiger partial charge in [0.25, 0.3) is 5.91 Å². The first-order chi connectivity index (χ1) is 11.5. The van der Waals surface area contributed by atoms with Crippen molar-refractivity contribution in [1.82, 2.24) is 25.5 Å². The topological polar surface area (TPSA) is 72.7 Å². The molecule has 0 unspecified atom stereocenters. The van der Waals surface area contributed by atoms with Crippen LogP contribution in [0.2, 0.25) is 10.0 Å². The molecule has 1 aromatic heterocycles. The highest BCUT2D eigenvalue weighted by Gasteiger charge is 2.13. The van der Waals surface area contributed by atoms with Gasteiger partial charge in [-0.15, -0.1) is 5.10 Å². The van der Waals surface area contributed by atoms with Crippen LogP contribution in [0.3, 0.4) is 0 Å². The standard InChI is InChI=1S/C16H13Cl2N5O/c1-10(12-4-7-14(17)15(18)8-12)20-16(24)11-2-5-13(6-3-11)23-9-19-21-22-23/h2-10H,1H3,(H,20,24)/t10-/m0/s1.